The van der Waals surface area contributed by atoms with Crippen LogP contribution in [0.3, 0.4) is 0 Å². The third-order valence-electron chi connectivity index (χ3n) is 3.45. The largest absolute Gasteiger partial charge is 0.459 e. The molecule has 0 saturated heterocycles. The zero-order chi connectivity index (χ0) is 14.5. The molecule has 0 bridgehead atoms. The average molecular weight is 279 g/mol. The fourth-order valence-corrected chi connectivity index (χ4v) is 2.25. The molecule has 1 aromatic heterocycles. The Morgan fingerprint density at radius 1 is 1.35 bits per heavy atom. The summed E-state index contributed by atoms with van der Waals surface area (Å²) < 4.78 is 24.4. The van der Waals surface area contributed by atoms with Gasteiger partial charge < -0.3 is 14.5 Å². The van der Waals surface area contributed by atoms with Crippen LogP contribution in [0, 0.1) is 5.82 Å². The number of nitrogens with one attached hydrogen (secondary N) is 1. The minimum Gasteiger partial charge on any atom is -0.459 e. The molecule has 1 N–H and O–H groups in total. The number of benzene rings is 1. The van der Waals surface area contributed by atoms with Crippen molar-refractivity contribution in [1.82, 2.24) is 5.32 Å². The van der Waals surface area contributed by atoms with Gasteiger partial charge in [-0.15, -0.1) is 0 Å². The Labute approximate surface area is 119 Å². The molecular weight excluding hydrogens is 257 g/mol. The Morgan fingerprint density at radius 3 is 2.85 bits per heavy atom. The van der Waals surface area contributed by atoms with Crippen LogP contribution < -0.4 is 5.32 Å². The molecule has 2 unspecified atom stereocenters. The lowest BCUT2D eigenvalue weighted by molar-refractivity contribution is 0.0978. The fourth-order valence-electron chi connectivity index (χ4n) is 2.25. The maximum atomic E-state index is 13.2. The molecule has 0 aliphatic carbocycles. The van der Waals surface area contributed by atoms with Gasteiger partial charge in [0, 0.05) is 12.5 Å². The van der Waals surface area contributed by atoms with Gasteiger partial charge in [-0.25, -0.2) is 4.39 Å². The molecule has 2 aromatic rings. The van der Waals surface area contributed by atoms with Gasteiger partial charge in [-0.05, 0) is 50.6 Å². The third kappa shape index (κ3) is 3.58. The molecule has 0 spiro atoms. The van der Waals surface area contributed by atoms with Crippen molar-refractivity contribution < 1.29 is 13.5 Å². The minimum absolute atomic E-state index is 0.0837. The summed E-state index contributed by atoms with van der Waals surface area (Å²) in [6.45, 7) is 5.06. The lowest BCUT2D eigenvalue weighted by Gasteiger charge is -2.19. The molecule has 1 aromatic carbocycles. The predicted molar refractivity (Wildman–Crippen MR) is 78.3 cm³/mol. The summed E-state index contributed by atoms with van der Waals surface area (Å²) in [5, 5.41) is 4.26. The van der Waals surface area contributed by atoms with Crippen LogP contribution in [-0.2, 0) is 4.74 Å². The summed E-state index contributed by atoms with van der Waals surface area (Å²) in [5.74, 6) is 0.594. The Morgan fingerprint density at radius 2 is 2.15 bits per heavy atom. The van der Waals surface area contributed by atoms with E-state index < -0.39 is 0 Å². The third-order valence-corrected chi connectivity index (χ3v) is 3.45. The van der Waals surface area contributed by atoms with Crippen molar-refractivity contribution in [3.63, 3.8) is 0 Å². The zero-order valence-electron chi connectivity index (χ0n) is 12.3. The molecule has 0 saturated carbocycles. The lowest BCUT2D eigenvalue weighted by Crippen LogP contribution is -2.25. The second kappa shape index (κ2) is 6.86. The van der Waals surface area contributed by atoms with Gasteiger partial charge in [0.2, 0.25) is 0 Å². The van der Waals surface area contributed by atoms with Gasteiger partial charge in [-0.1, -0.05) is 6.92 Å². The van der Waals surface area contributed by atoms with Crippen molar-refractivity contribution in [3.8, 4) is 0 Å². The molecule has 1 heterocycles. The summed E-state index contributed by atoms with van der Waals surface area (Å²) in [5.41, 5.74) is 0.717. The highest BCUT2D eigenvalue weighted by Gasteiger charge is 2.18. The number of hydrogen-bond donors (Lipinski definition) is 1. The van der Waals surface area contributed by atoms with E-state index in [2.05, 4.69) is 12.2 Å². The molecular formula is C16H22FNO2. The van der Waals surface area contributed by atoms with E-state index in [4.69, 9.17) is 9.15 Å². The van der Waals surface area contributed by atoms with Crippen LogP contribution in [0.15, 0.2) is 28.7 Å². The SMILES string of the molecule is CCCNC(CC(C)OC)c1cc2cc(F)ccc2o1. The standard InChI is InChI=1S/C16H22FNO2/c1-4-7-18-14(8-11(2)19-3)16-10-12-9-13(17)5-6-15(12)20-16/h5-6,9-11,14,18H,4,7-8H2,1-3H3. The van der Waals surface area contributed by atoms with E-state index in [1.807, 2.05) is 13.0 Å². The van der Waals surface area contributed by atoms with E-state index in [0.717, 1.165) is 36.1 Å². The maximum absolute atomic E-state index is 13.2. The number of halogens is 1. The number of fused-ring (bicyclic) bond motifs is 1. The first kappa shape index (κ1) is 15.0. The van der Waals surface area contributed by atoms with Crippen LogP contribution in [0.4, 0.5) is 4.39 Å². The molecule has 2 atom stereocenters. The highest BCUT2D eigenvalue weighted by molar-refractivity contribution is 5.78. The first-order chi connectivity index (χ1) is 9.63. The van der Waals surface area contributed by atoms with Crippen LogP contribution in [0.2, 0.25) is 0 Å². The highest BCUT2D eigenvalue weighted by Crippen LogP contribution is 2.27. The molecule has 0 amide bonds. The van der Waals surface area contributed by atoms with Crippen molar-refractivity contribution in [2.75, 3.05) is 13.7 Å². The van der Waals surface area contributed by atoms with E-state index in [1.54, 1.807) is 13.2 Å². The normalized spacial score (nSPS) is 14.6. The van der Waals surface area contributed by atoms with Crippen molar-refractivity contribution in [2.45, 2.75) is 38.8 Å². The molecule has 0 fully saturated rings. The molecule has 0 aliphatic rings. The van der Waals surface area contributed by atoms with E-state index in [0.29, 0.717) is 0 Å². The van der Waals surface area contributed by atoms with Crippen LogP contribution in [-0.4, -0.2) is 19.8 Å². The second-order valence-corrected chi connectivity index (χ2v) is 5.12. The molecule has 20 heavy (non-hydrogen) atoms. The zero-order valence-corrected chi connectivity index (χ0v) is 12.3. The summed E-state index contributed by atoms with van der Waals surface area (Å²) in [7, 11) is 1.70. The van der Waals surface area contributed by atoms with Gasteiger partial charge in [0.05, 0.1) is 12.1 Å². The van der Waals surface area contributed by atoms with Gasteiger partial charge in [0.25, 0.3) is 0 Å². The van der Waals surface area contributed by atoms with Crippen molar-refractivity contribution in [1.29, 1.82) is 0 Å². The Hall–Kier alpha value is -1.39. The topological polar surface area (TPSA) is 34.4 Å². The number of methoxy groups -OCH3 is 1. The molecule has 0 radical (unpaired) electrons. The van der Waals surface area contributed by atoms with E-state index >= 15 is 0 Å². The highest BCUT2D eigenvalue weighted by atomic mass is 19.1. The number of rotatable bonds is 7. The predicted octanol–water partition coefficient (Wildman–Crippen LogP) is 4.04. The smallest absolute Gasteiger partial charge is 0.134 e. The Balaban J connectivity index is 2.24. The summed E-state index contributed by atoms with van der Waals surface area (Å²) >= 11 is 0. The quantitative estimate of drug-likeness (QED) is 0.830. The minimum atomic E-state index is -0.242. The van der Waals surface area contributed by atoms with Crippen LogP contribution in [0.1, 0.15) is 38.5 Å². The molecule has 0 aliphatic heterocycles. The van der Waals surface area contributed by atoms with Gasteiger partial charge >= 0.3 is 0 Å². The Kier molecular flexibility index (Phi) is 5.15. The summed E-state index contributed by atoms with van der Waals surface area (Å²) in [6, 6.07) is 6.58. The average Bonchev–Trinajstić information content (AvgIpc) is 2.85. The van der Waals surface area contributed by atoms with Crippen molar-refractivity contribution in [3.05, 3.63) is 35.8 Å². The van der Waals surface area contributed by atoms with Crippen LogP contribution in [0.5, 0.6) is 0 Å². The number of furan rings is 1. The molecule has 4 heteroatoms. The van der Waals surface area contributed by atoms with E-state index in [1.165, 1.54) is 12.1 Å². The Bertz CT molecular complexity index is 552. The van der Waals surface area contributed by atoms with Crippen molar-refractivity contribution in [2.24, 2.45) is 0 Å². The van der Waals surface area contributed by atoms with Gasteiger partial charge in [0.1, 0.15) is 17.2 Å². The summed E-state index contributed by atoms with van der Waals surface area (Å²) in [6.07, 6.45) is 2.00. The second-order valence-electron chi connectivity index (χ2n) is 5.12. The fraction of sp³-hybridized carbons (Fsp3) is 0.500. The van der Waals surface area contributed by atoms with E-state index in [9.17, 15) is 4.39 Å². The number of hydrogen-bond acceptors (Lipinski definition) is 3. The number of ether oxygens (including phenoxy) is 1. The maximum Gasteiger partial charge on any atom is 0.134 e. The van der Waals surface area contributed by atoms with Gasteiger partial charge in [-0.2, -0.15) is 0 Å². The lowest BCUT2D eigenvalue weighted by atomic mass is 10.1. The van der Waals surface area contributed by atoms with Gasteiger partial charge in [-0.3, -0.25) is 0 Å². The van der Waals surface area contributed by atoms with Gasteiger partial charge in [0.15, 0.2) is 0 Å². The van der Waals surface area contributed by atoms with Crippen LogP contribution in [0.25, 0.3) is 11.0 Å². The monoisotopic (exact) mass is 279 g/mol. The summed E-state index contributed by atoms with van der Waals surface area (Å²) in [4.78, 5) is 0. The first-order valence-corrected chi connectivity index (χ1v) is 7.09. The van der Waals surface area contributed by atoms with Crippen molar-refractivity contribution >= 4 is 11.0 Å². The molecule has 2 rings (SSSR count). The molecule has 3 nitrogen and oxygen atoms in total. The van der Waals surface area contributed by atoms with E-state index in [-0.39, 0.29) is 18.0 Å². The molecule has 110 valence electrons. The first-order valence-electron chi connectivity index (χ1n) is 7.09. The van der Waals surface area contributed by atoms with Crippen LogP contribution >= 0.6 is 0 Å².